The number of hydrogen-bond acceptors (Lipinski definition) is 7. The fourth-order valence-electron chi connectivity index (χ4n) is 4.01. The molecule has 0 saturated heterocycles. The molecule has 1 N–H and O–H groups in total. The van der Waals surface area contributed by atoms with E-state index < -0.39 is 12.3 Å². The van der Waals surface area contributed by atoms with Crippen molar-refractivity contribution in [3.8, 4) is 22.7 Å². The molecule has 0 bridgehead atoms. The average molecular weight is 451 g/mol. The summed E-state index contributed by atoms with van der Waals surface area (Å²) < 4.78 is 31.9. The predicted octanol–water partition coefficient (Wildman–Crippen LogP) is 5.12. The maximum absolute atomic E-state index is 12.6. The molecule has 0 radical (unpaired) electrons. The molecule has 4 aromatic rings. The number of aromatic nitrogens is 6. The maximum Gasteiger partial charge on any atom is 0.314 e. The van der Waals surface area contributed by atoms with Crippen LogP contribution < -0.4 is 5.32 Å². The van der Waals surface area contributed by atoms with Gasteiger partial charge in [-0.3, -0.25) is 4.98 Å². The Kier molecular flexibility index (Phi) is 6.05. The van der Waals surface area contributed by atoms with Crippen LogP contribution in [0.1, 0.15) is 50.1 Å². The van der Waals surface area contributed by atoms with E-state index in [1.165, 1.54) is 38.3 Å². The van der Waals surface area contributed by atoms with Crippen molar-refractivity contribution < 1.29 is 13.2 Å². The van der Waals surface area contributed by atoms with Gasteiger partial charge in [-0.1, -0.05) is 36.6 Å². The van der Waals surface area contributed by atoms with Crippen molar-refractivity contribution in [1.82, 2.24) is 30.2 Å². The number of alkyl halides is 2. The molecule has 170 valence electrons. The van der Waals surface area contributed by atoms with Crippen molar-refractivity contribution in [3.05, 3.63) is 60.4 Å². The predicted molar refractivity (Wildman–Crippen MR) is 118 cm³/mol. The van der Waals surface area contributed by atoms with E-state index in [2.05, 4.69) is 42.9 Å². The van der Waals surface area contributed by atoms with Crippen LogP contribution in [0.4, 0.5) is 14.5 Å². The van der Waals surface area contributed by atoms with Crippen LogP contribution in [0.2, 0.25) is 0 Å². The number of halogens is 2. The van der Waals surface area contributed by atoms with Crippen molar-refractivity contribution in [2.45, 2.75) is 51.1 Å². The Morgan fingerprint density at radius 1 is 1.03 bits per heavy atom. The second-order valence-electron chi connectivity index (χ2n) is 8.15. The first-order valence-electron chi connectivity index (χ1n) is 11.0. The minimum absolute atomic E-state index is 0.00844. The fraction of sp³-hybridized carbons (Fsp3) is 0.348. The van der Waals surface area contributed by atoms with Crippen LogP contribution in [0.25, 0.3) is 22.7 Å². The number of nitrogens with one attached hydrogen (secondary N) is 1. The Morgan fingerprint density at radius 2 is 1.91 bits per heavy atom. The highest BCUT2D eigenvalue weighted by Crippen LogP contribution is 2.25. The quantitative estimate of drug-likeness (QED) is 0.417. The van der Waals surface area contributed by atoms with Gasteiger partial charge in [0.05, 0.1) is 24.0 Å². The summed E-state index contributed by atoms with van der Waals surface area (Å²) >= 11 is 0. The summed E-state index contributed by atoms with van der Waals surface area (Å²) in [6.45, 7) is 0.416. The van der Waals surface area contributed by atoms with Crippen LogP contribution in [0.3, 0.4) is 0 Å². The van der Waals surface area contributed by atoms with Gasteiger partial charge in [-0.25, -0.2) is 4.68 Å². The number of nitrogens with zero attached hydrogens (tertiary/aromatic N) is 6. The van der Waals surface area contributed by atoms with Crippen molar-refractivity contribution in [1.29, 1.82) is 0 Å². The largest absolute Gasteiger partial charge is 0.415 e. The monoisotopic (exact) mass is 451 g/mol. The zero-order chi connectivity index (χ0) is 22.6. The highest BCUT2D eigenvalue weighted by atomic mass is 19.3. The van der Waals surface area contributed by atoms with E-state index in [0.29, 0.717) is 18.2 Å². The normalized spacial score (nSPS) is 14.6. The SMILES string of the molecule is FC(F)c1nnc(-c2ccc(Cn3cc(-c4cccc(NC5CCCCC5)c4)nn3)nc2)o1. The van der Waals surface area contributed by atoms with Crippen LogP contribution in [0, 0.1) is 0 Å². The minimum Gasteiger partial charge on any atom is -0.415 e. The van der Waals surface area contributed by atoms with E-state index in [-0.39, 0.29) is 5.89 Å². The number of hydrogen-bond donors (Lipinski definition) is 1. The highest BCUT2D eigenvalue weighted by molar-refractivity contribution is 5.64. The van der Waals surface area contributed by atoms with Crippen LogP contribution in [-0.4, -0.2) is 36.2 Å². The molecule has 0 aliphatic heterocycles. The van der Waals surface area contributed by atoms with Gasteiger partial charge >= 0.3 is 6.43 Å². The summed E-state index contributed by atoms with van der Waals surface area (Å²) in [5.41, 5.74) is 4.08. The van der Waals surface area contributed by atoms with Crippen LogP contribution >= 0.6 is 0 Å². The minimum atomic E-state index is -2.80. The van der Waals surface area contributed by atoms with E-state index in [9.17, 15) is 8.78 Å². The van der Waals surface area contributed by atoms with Crippen LogP contribution in [0.15, 0.2) is 53.2 Å². The Morgan fingerprint density at radius 3 is 2.67 bits per heavy atom. The summed E-state index contributed by atoms with van der Waals surface area (Å²) in [6, 6.07) is 12.2. The zero-order valence-electron chi connectivity index (χ0n) is 17.9. The molecule has 0 amide bonds. The first-order chi connectivity index (χ1) is 16.1. The van der Waals surface area contributed by atoms with Crippen LogP contribution in [0.5, 0.6) is 0 Å². The van der Waals surface area contributed by atoms with Gasteiger partial charge < -0.3 is 9.73 Å². The van der Waals surface area contributed by atoms with Crippen molar-refractivity contribution in [2.75, 3.05) is 5.32 Å². The van der Waals surface area contributed by atoms with Gasteiger partial charge in [-0.2, -0.15) is 8.78 Å². The number of anilines is 1. The third-order valence-electron chi connectivity index (χ3n) is 5.70. The molecule has 33 heavy (non-hydrogen) atoms. The molecule has 1 aliphatic rings. The molecule has 1 aliphatic carbocycles. The van der Waals surface area contributed by atoms with Gasteiger partial charge in [0.2, 0.25) is 5.89 Å². The molecular formula is C23H23F2N7O. The van der Waals surface area contributed by atoms with Gasteiger partial charge in [0.25, 0.3) is 5.89 Å². The van der Waals surface area contributed by atoms with Crippen molar-refractivity contribution >= 4 is 5.69 Å². The first-order valence-corrected chi connectivity index (χ1v) is 11.0. The molecule has 8 nitrogen and oxygen atoms in total. The van der Waals surface area contributed by atoms with Gasteiger partial charge in [0.15, 0.2) is 0 Å². The Labute approximate surface area is 189 Å². The Hall–Kier alpha value is -3.69. The maximum atomic E-state index is 12.6. The van der Waals surface area contributed by atoms with E-state index in [1.807, 2.05) is 18.3 Å². The third-order valence-corrected chi connectivity index (χ3v) is 5.70. The highest BCUT2D eigenvalue weighted by Gasteiger charge is 2.17. The zero-order valence-corrected chi connectivity index (χ0v) is 17.9. The Balaban J connectivity index is 1.25. The molecule has 10 heteroatoms. The van der Waals surface area contributed by atoms with E-state index in [1.54, 1.807) is 16.8 Å². The summed E-state index contributed by atoms with van der Waals surface area (Å²) in [6.07, 6.45) is 6.91. The molecule has 5 rings (SSSR count). The average Bonchev–Trinajstić information content (AvgIpc) is 3.51. The molecule has 1 fully saturated rings. The van der Waals surface area contributed by atoms with Gasteiger partial charge in [0, 0.05) is 23.5 Å². The van der Waals surface area contributed by atoms with Gasteiger partial charge in [0.1, 0.15) is 5.69 Å². The smallest absolute Gasteiger partial charge is 0.314 e. The number of rotatable bonds is 7. The summed E-state index contributed by atoms with van der Waals surface area (Å²) in [4.78, 5) is 4.35. The second kappa shape index (κ2) is 9.43. The molecule has 0 spiro atoms. The lowest BCUT2D eigenvalue weighted by atomic mass is 9.95. The third kappa shape index (κ3) is 5.05. The lowest BCUT2D eigenvalue weighted by molar-refractivity contribution is 0.116. The summed E-state index contributed by atoms with van der Waals surface area (Å²) in [5, 5.41) is 19.1. The molecule has 3 aromatic heterocycles. The van der Waals surface area contributed by atoms with Gasteiger partial charge in [-0.05, 0) is 37.1 Å². The van der Waals surface area contributed by atoms with Crippen molar-refractivity contribution in [2.24, 2.45) is 0 Å². The van der Waals surface area contributed by atoms with Gasteiger partial charge in [-0.15, -0.1) is 15.3 Å². The Bertz CT molecular complexity index is 1200. The lowest BCUT2D eigenvalue weighted by Crippen LogP contribution is -2.22. The van der Waals surface area contributed by atoms with E-state index in [4.69, 9.17) is 4.42 Å². The van der Waals surface area contributed by atoms with Crippen LogP contribution in [-0.2, 0) is 6.54 Å². The summed E-state index contributed by atoms with van der Waals surface area (Å²) in [5.74, 6) is -0.698. The molecule has 3 heterocycles. The standard InChI is InChI=1S/C23H23F2N7O/c24-21(25)23-30-29-22(33-23)16-9-10-19(26-12-16)13-32-14-20(28-31-32)15-5-4-8-18(11-15)27-17-6-2-1-3-7-17/h4-5,8-12,14,17,21,27H,1-3,6-7,13H2. The second-order valence-corrected chi connectivity index (χ2v) is 8.15. The molecule has 1 saturated carbocycles. The first kappa shape index (κ1) is 21.2. The fourth-order valence-corrected chi connectivity index (χ4v) is 4.01. The molecule has 0 atom stereocenters. The van der Waals surface area contributed by atoms with Crippen molar-refractivity contribution in [3.63, 3.8) is 0 Å². The lowest BCUT2D eigenvalue weighted by Gasteiger charge is -2.24. The van der Waals surface area contributed by atoms with E-state index in [0.717, 1.165) is 22.6 Å². The summed E-state index contributed by atoms with van der Waals surface area (Å²) in [7, 11) is 0. The molecule has 1 aromatic carbocycles. The van der Waals surface area contributed by atoms with E-state index >= 15 is 0 Å². The number of benzene rings is 1. The molecule has 0 unspecified atom stereocenters. The molecular weight excluding hydrogens is 428 g/mol. The number of pyridine rings is 1. The topological polar surface area (TPSA) is 94.6 Å².